The Balaban J connectivity index is 1.90. The molecule has 0 aromatic heterocycles. The van der Waals surface area contributed by atoms with Crippen LogP contribution in [0.15, 0.2) is 12.1 Å². The highest BCUT2D eigenvalue weighted by Crippen LogP contribution is 2.37. The number of hydrogen-bond donors (Lipinski definition) is 1. The summed E-state index contributed by atoms with van der Waals surface area (Å²) in [7, 11) is -0.719. The minimum absolute atomic E-state index is 0.593. The fraction of sp³-hybridized carbons (Fsp3) is 0.571. The van der Waals surface area contributed by atoms with Gasteiger partial charge in [-0.3, -0.25) is 4.21 Å². The van der Waals surface area contributed by atoms with Crippen LogP contribution in [0.1, 0.15) is 18.4 Å². The monoisotopic (exact) mass is 317 g/mol. The van der Waals surface area contributed by atoms with Crippen LogP contribution in [0.4, 0.5) is 0 Å². The number of nitrogens with one attached hydrogen (secondary N) is 1. The fourth-order valence-corrected chi connectivity index (χ4v) is 2.86. The smallest absolute Gasteiger partial charge is 0.179 e. The maximum absolute atomic E-state index is 11.0. The highest BCUT2D eigenvalue weighted by Gasteiger charge is 2.15. The van der Waals surface area contributed by atoms with Gasteiger partial charge in [-0.25, -0.2) is 0 Å². The highest BCUT2D eigenvalue weighted by molar-refractivity contribution is 7.84. The van der Waals surface area contributed by atoms with E-state index in [1.54, 1.807) is 6.26 Å². The van der Waals surface area contributed by atoms with Crippen molar-refractivity contribution in [3.8, 4) is 11.5 Å². The van der Waals surface area contributed by atoms with Crippen LogP contribution in [0.25, 0.3) is 0 Å². The summed E-state index contributed by atoms with van der Waals surface area (Å²) < 4.78 is 22.2. The predicted molar refractivity (Wildman–Crippen MR) is 82.3 cm³/mol. The second-order valence-electron chi connectivity index (χ2n) is 4.76. The number of hydrogen-bond acceptors (Lipinski definition) is 4. The molecule has 0 radical (unpaired) electrons. The minimum Gasteiger partial charge on any atom is -0.489 e. The molecule has 0 spiro atoms. The van der Waals surface area contributed by atoms with Gasteiger partial charge in [0.2, 0.25) is 0 Å². The van der Waals surface area contributed by atoms with E-state index >= 15 is 0 Å². The van der Waals surface area contributed by atoms with Crippen molar-refractivity contribution in [2.24, 2.45) is 0 Å². The normalized spacial score (nSPS) is 15.7. The molecule has 0 fully saturated rings. The van der Waals surface area contributed by atoms with E-state index in [1.807, 2.05) is 12.1 Å². The van der Waals surface area contributed by atoms with E-state index in [4.69, 9.17) is 21.1 Å². The van der Waals surface area contributed by atoms with E-state index in [0.717, 1.165) is 36.5 Å². The lowest BCUT2D eigenvalue weighted by Crippen LogP contribution is -2.16. The van der Waals surface area contributed by atoms with Crippen molar-refractivity contribution in [2.45, 2.75) is 19.4 Å². The van der Waals surface area contributed by atoms with Gasteiger partial charge in [-0.1, -0.05) is 11.6 Å². The topological polar surface area (TPSA) is 47.6 Å². The SMILES string of the molecule is CS(=O)CCCNCc1cc(Cl)c2c(c1)OCCCO2. The molecule has 4 nitrogen and oxygen atoms in total. The predicted octanol–water partition coefficient (Wildman–Crippen LogP) is 2.36. The van der Waals surface area contributed by atoms with Crippen LogP contribution in [0.2, 0.25) is 5.02 Å². The molecule has 1 unspecified atom stereocenters. The maximum Gasteiger partial charge on any atom is 0.179 e. The van der Waals surface area contributed by atoms with Crippen LogP contribution in [0, 0.1) is 0 Å². The van der Waals surface area contributed by atoms with Gasteiger partial charge in [-0.2, -0.15) is 0 Å². The van der Waals surface area contributed by atoms with Crippen molar-refractivity contribution < 1.29 is 13.7 Å². The zero-order valence-electron chi connectivity index (χ0n) is 11.6. The van der Waals surface area contributed by atoms with E-state index in [1.165, 1.54) is 0 Å². The minimum atomic E-state index is -0.719. The van der Waals surface area contributed by atoms with Gasteiger partial charge in [-0.15, -0.1) is 0 Å². The summed E-state index contributed by atoms with van der Waals surface area (Å²) in [5, 5.41) is 3.91. The Hall–Kier alpha value is -0.780. The molecule has 0 aliphatic carbocycles. The van der Waals surface area contributed by atoms with Crippen LogP contribution >= 0.6 is 11.6 Å². The molecule has 0 saturated heterocycles. The van der Waals surface area contributed by atoms with Crippen molar-refractivity contribution in [3.63, 3.8) is 0 Å². The first-order valence-corrected chi connectivity index (χ1v) is 8.86. The fourth-order valence-electron chi connectivity index (χ4n) is 2.02. The quantitative estimate of drug-likeness (QED) is 0.818. The van der Waals surface area contributed by atoms with E-state index < -0.39 is 10.8 Å². The molecular weight excluding hydrogens is 298 g/mol. The Kier molecular flexibility index (Phi) is 6.13. The van der Waals surface area contributed by atoms with Crippen molar-refractivity contribution in [1.29, 1.82) is 0 Å². The second-order valence-corrected chi connectivity index (χ2v) is 6.72. The number of benzene rings is 1. The van der Waals surface area contributed by atoms with Gasteiger partial charge in [0, 0.05) is 35.8 Å². The summed E-state index contributed by atoms with van der Waals surface area (Å²) >= 11 is 6.23. The highest BCUT2D eigenvalue weighted by atomic mass is 35.5. The third-order valence-electron chi connectivity index (χ3n) is 2.98. The third-order valence-corrected chi connectivity index (χ3v) is 4.12. The van der Waals surface area contributed by atoms with Gasteiger partial charge in [0.1, 0.15) is 0 Å². The molecule has 1 N–H and O–H groups in total. The Labute approximate surface area is 127 Å². The van der Waals surface area contributed by atoms with E-state index in [9.17, 15) is 4.21 Å². The largest absolute Gasteiger partial charge is 0.489 e. The first-order valence-electron chi connectivity index (χ1n) is 6.75. The second kappa shape index (κ2) is 7.86. The Morgan fingerprint density at radius 1 is 1.35 bits per heavy atom. The molecule has 1 aliphatic rings. The van der Waals surface area contributed by atoms with E-state index in [-0.39, 0.29) is 0 Å². The van der Waals surface area contributed by atoms with Crippen LogP contribution in [-0.4, -0.2) is 36.0 Å². The van der Waals surface area contributed by atoms with Gasteiger partial charge in [0.15, 0.2) is 11.5 Å². The van der Waals surface area contributed by atoms with Gasteiger partial charge in [-0.05, 0) is 30.7 Å². The average molecular weight is 318 g/mol. The lowest BCUT2D eigenvalue weighted by atomic mass is 10.2. The van der Waals surface area contributed by atoms with Crippen LogP contribution in [0.3, 0.4) is 0 Å². The standard InChI is InChI=1S/C14H20ClNO3S/c1-20(17)7-2-4-16-10-11-8-12(15)14-13(9-11)18-5-3-6-19-14/h8-9,16H,2-7,10H2,1H3. The molecule has 2 rings (SSSR count). The average Bonchev–Trinajstić information content (AvgIpc) is 2.63. The number of rotatable bonds is 6. The lowest BCUT2D eigenvalue weighted by molar-refractivity contribution is 0.297. The summed E-state index contributed by atoms with van der Waals surface area (Å²) in [6, 6.07) is 3.87. The zero-order chi connectivity index (χ0) is 14.4. The lowest BCUT2D eigenvalue weighted by Gasteiger charge is -2.12. The molecule has 0 bridgehead atoms. The van der Waals surface area contributed by atoms with Crippen molar-refractivity contribution in [3.05, 3.63) is 22.7 Å². The number of halogens is 1. The molecule has 0 amide bonds. The molecule has 6 heteroatoms. The molecule has 0 saturated carbocycles. The molecule has 1 atom stereocenters. The number of ether oxygens (including phenoxy) is 2. The van der Waals surface area contributed by atoms with Gasteiger partial charge in [0.25, 0.3) is 0 Å². The van der Waals surface area contributed by atoms with E-state index in [0.29, 0.717) is 30.5 Å². The maximum atomic E-state index is 11.0. The Morgan fingerprint density at radius 2 is 2.15 bits per heavy atom. The first kappa shape index (κ1) is 15.6. The summed E-state index contributed by atoms with van der Waals surface area (Å²) in [4.78, 5) is 0. The van der Waals surface area contributed by atoms with Crippen LogP contribution < -0.4 is 14.8 Å². The first-order chi connectivity index (χ1) is 9.66. The van der Waals surface area contributed by atoms with Crippen molar-refractivity contribution in [2.75, 3.05) is 31.8 Å². The molecule has 1 aromatic carbocycles. The van der Waals surface area contributed by atoms with Crippen LogP contribution in [0.5, 0.6) is 11.5 Å². The van der Waals surface area contributed by atoms with Crippen molar-refractivity contribution in [1.82, 2.24) is 5.32 Å². The molecule has 1 aromatic rings. The van der Waals surface area contributed by atoms with Crippen molar-refractivity contribution >= 4 is 22.4 Å². The van der Waals surface area contributed by atoms with Gasteiger partial charge < -0.3 is 14.8 Å². The Bertz CT molecular complexity index is 482. The van der Waals surface area contributed by atoms with E-state index in [2.05, 4.69) is 5.32 Å². The molecule has 1 heterocycles. The van der Waals surface area contributed by atoms with Gasteiger partial charge in [0.05, 0.1) is 18.2 Å². The Morgan fingerprint density at radius 3 is 2.95 bits per heavy atom. The molecule has 20 heavy (non-hydrogen) atoms. The summed E-state index contributed by atoms with van der Waals surface area (Å²) in [5.74, 6) is 2.10. The summed E-state index contributed by atoms with van der Waals surface area (Å²) in [6.45, 7) is 2.85. The molecule has 1 aliphatic heterocycles. The number of fused-ring (bicyclic) bond motifs is 1. The molecular formula is C14H20ClNO3S. The van der Waals surface area contributed by atoms with Crippen LogP contribution in [-0.2, 0) is 17.3 Å². The molecule has 112 valence electrons. The summed E-state index contributed by atoms with van der Waals surface area (Å²) in [5.41, 5.74) is 1.07. The van der Waals surface area contributed by atoms with Gasteiger partial charge >= 0.3 is 0 Å². The zero-order valence-corrected chi connectivity index (χ0v) is 13.2. The third kappa shape index (κ3) is 4.65. The summed E-state index contributed by atoms with van der Waals surface area (Å²) in [6.07, 6.45) is 3.50.